The van der Waals surface area contributed by atoms with Crippen LogP contribution >= 0.6 is 11.3 Å². The van der Waals surface area contributed by atoms with Crippen LogP contribution in [0.2, 0.25) is 0 Å². The maximum Gasteiger partial charge on any atom is 0.414 e. The second kappa shape index (κ2) is 10.8. The maximum atomic E-state index is 12.5. The number of anilines is 1. The predicted octanol–water partition coefficient (Wildman–Crippen LogP) is 2.89. The fourth-order valence-electron chi connectivity index (χ4n) is 4.17. The maximum absolute atomic E-state index is 12.5. The quantitative estimate of drug-likeness (QED) is 0.365. The number of ether oxygens (including phenoxy) is 2. The van der Waals surface area contributed by atoms with Gasteiger partial charge in [-0.15, -0.1) is 11.3 Å². The van der Waals surface area contributed by atoms with Gasteiger partial charge in [-0.1, -0.05) is 6.07 Å². The van der Waals surface area contributed by atoms with Crippen molar-refractivity contribution in [2.45, 2.75) is 25.9 Å². The van der Waals surface area contributed by atoms with Crippen molar-refractivity contribution >= 4 is 40.8 Å². The normalized spacial score (nSPS) is 19.8. The van der Waals surface area contributed by atoms with E-state index >= 15 is 0 Å². The Hall–Kier alpha value is -3.24. The van der Waals surface area contributed by atoms with Crippen molar-refractivity contribution in [2.24, 2.45) is 16.6 Å². The van der Waals surface area contributed by atoms with Gasteiger partial charge in [-0.3, -0.25) is 19.4 Å². The Morgan fingerprint density at radius 3 is 2.59 bits per heavy atom. The minimum atomic E-state index is -0.395. The minimum Gasteiger partial charge on any atom is -0.466 e. The molecule has 2 saturated heterocycles. The highest BCUT2D eigenvalue weighted by Gasteiger charge is 2.35. The Kier molecular flexibility index (Phi) is 7.59. The van der Waals surface area contributed by atoms with E-state index in [0.717, 1.165) is 25.9 Å². The Morgan fingerprint density at radius 2 is 1.94 bits per heavy atom. The van der Waals surface area contributed by atoms with Crippen molar-refractivity contribution in [2.75, 3.05) is 37.7 Å². The van der Waals surface area contributed by atoms with E-state index in [9.17, 15) is 14.4 Å². The van der Waals surface area contributed by atoms with Crippen molar-refractivity contribution in [1.29, 1.82) is 0 Å². The summed E-state index contributed by atoms with van der Waals surface area (Å²) in [5, 5.41) is 1.81. The molecule has 1 unspecified atom stereocenters. The molecule has 0 radical (unpaired) electrons. The first-order valence-corrected chi connectivity index (χ1v) is 12.2. The molecule has 2 aliphatic rings. The molecule has 0 aliphatic carbocycles. The highest BCUT2D eigenvalue weighted by molar-refractivity contribution is 7.12. The summed E-state index contributed by atoms with van der Waals surface area (Å²) < 4.78 is 10.7. The van der Waals surface area contributed by atoms with Gasteiger partial charge in [0.25, 0.3) is 5.91 Å². The number of carbonyl (C=O) groups excluding carboxylic acids is 3. The first-order valence-electron chi connectivity index (χ1n) is 11.3. The van der Waals surface area contributed by atoms with Gasteiger partial charge in [-0.2, -0.15) is 4.99 Å². The van der Waals surface area contributed by atoms with E-state index in [1.165, 1.54) is 11.3 Å². The Morgan fingerprint density at radius 1 is 1.21 bits per heavy atom. The number of hydrogen-bond donors (Lipinski definition) is 1. The fraction of sp³-hybridized carbons (Fsp3) is 0.417. The molecule has 0 saturated carbocycles. The molecule has 0 spiro atoms. The number of nitrogens with two attached hydrogens (primary N) is 1. The molecule has 180 valence electrons. The van der Waals surface area contributed by atoms with E-state index in [0.29, 0.717) is 35.8 Å². The highest BCUT2D eigenvalue weighted by Crippen LogP contribution is 2.25. The van der Waals surface area contributed by atoms with Gasteiger partial charge in [0.1, 0.15) is 11.9 Å². The van der Waals surface area contributed by atoms with Gasteiger partial charge in [0, 0.05) is 17.8 Å². The molecule has 2 aromatic rings. The molecule has 2 amide bonds. The average molecular weight is 485 g/mol. The van der Waals surface area contributed by atoms with Crippen LogP contribution in [-0.4, -0.2) is 67.6 Å². The van der Waals surface area contributed by atoms with Crippen molar-refractivity contribution in [3.63, 3.8) is 0 Å². The molecule has 1 atom stereocenters. The zero-order valence-electron chi connectivity index (χ0n) is 19.0. The lowest BCUT2D eigenvalue weighted by atomic mass is 9.97. The molecule has 1 aromatic carbocycles. The summed E-state index contributed by atoms with van der Waals surface area (Å²) in [5.41, 5.74) is 7.29. The van der Waals surface area contributed by atoms with E-state index < -0.39 is 6.09 Å². The smallest absolute Gasteiger partial charge is 0.414 e. The summed E-state index contributed by atoms with van der Waals surface area (Å²) in [6.07, 6.45) is 0.862. The second-order valence-electron chi connectivity index (χ2n) is 8.27. The number of likely N-dealkylation sites (tertiary alicyclic amines) is 1. The van der Waals surface area contributed by atoms with Crippen LogP contribution in [0, 0.1) is 5.92 Å². The van der Waals surface area contributed by atoms with Crippen LogP contribution < -0.4 is 10.6 Å². The number of rotatable bonds is 7. The largest absolute Gasteiger partial charge is 0.466 e. The number of carbonyl (C=O) groups is 3. The molecule has 2 aliphatic heterocycles. The zero-order chi connectivity index (χ0) is 24.1. The SMILES string of the molecule is CCOC(=O)C1CCN(CC2CN(c3ccc(C(N)=NC(=O)c4cccs4)cc3)C(=O)O2)CC1. The van der Waals surface area contributed by atoms with Crippen molar-refractivity contribution in [1.82, 2.24) is 4.90 Å². The summed E-state index contributed by atoms with van der Waals surface area (Å²) in [6, 6.07) is 10.5. The number of benzene rings is 1. The molecule has 9 nitrogen and oxygen atoms in total. The first kappa shape index (κ1) is 23.9. The van der Waals surface area contributed by atoms with Crippen LogP contribution in [0.1, 0.15) is 35.0 Å². The van der Waals surface area contributed by atoms with Crippen molar-refractivity contribution in [3.05, 3.63) is 52.2 Å². The molecule has 3 heterocycles. The highest BCUT2D eigenvalue weighted by atomic mass is 32.1. The first-order chi connectivity index (χ1) is 16.4. The Labute approximate surface area is 202 Å². The summed E-state index contributed by atoms with van der Waals surface area (Å²) in [6.45, 7) is 4.83. The van der Waals surface area contributed by atoms with Gasteiger partial charge in [0.15, 0.2) is 0 Å². The monoisotopic (exact) mass is 484 g/mol. The van der Waals surface area contributed by atoms with E-state index in [1.54, 1.807) is 41.3 Å². The third-order valence-corrected chi connectivity index (χ3v) is 6.83. The van der Waals surface area contributed by atoms with E-state index in [2.05, 4.69) is 9.89 Å². The molecule has 2 N–H and O–H groups in total. The van der Waals surface area contributed by atoms with Crippen LogP contribution in [0.15, 0.2) is 46.8 Å². The van der Waals surface area contributed by atoms with Crippen LogP contribution in [0.25, 0.3) is 0 Å². The Bertz CT molecular complexity index is 1050. The number of hydrogen-bond acceptors (Lipinski definition) is 7. The fourth-order valence-corrected chi connectivity index (χ4v) is 4.78. The number of aliphatic imine (C=N–C) groups is 1. The van der Waals surface area contributed by atoms with Crippen LogP contribution in [0.3, 0.4) is 0 Å². The number of nitrogens with zero attached hydrogens (tertiary/aromatic N) is 3. The standard InChI is InChI=1S/C24H28N4O5S/c1-2-32-23(30)17-9-11-27(12-10-17)14-19-15-28(24(31)33-19)18-7-5-16(6-8-18)21(25)26-22(29)20-4-3-13-34-20/h3-8,13,17,19H,2,9-12,14-15H2,1H3,(H2,25,26,29). The van der Waals surface area contributed by atoms with Crippen LogP contribution in [-0.2, 0) is 14.3 Å². The summed E-state index contributed by atoms with van der Waals surface area (Å²) >= 11 is 1.31. The summed E-state index contributed by atoms with van der Waals surface area (Å²) in [4.78, 5) is 44.8. The van der Waals surface area contributed by atoms with Crippen molar-refractivity contribution < 1.29 is 23.9 Å². The van der Waals surface area contributed by atoms with E-state index in [-0.39, 0.29) is 29.7 Å². The molecule has 34 heavy (non-hydrogen) atoms. The molecule has 1 aromatic heterocycles. The molecule has 2 fully saturated rings. The zero-order valence-corrected chi connectivity index (χ0v) is 19.8. The van der Waals surface area contributed by atoms with Crippen molar-refractivity contribution in [3.8, 4) is 0 Å². The molecular weight excluding hydrogens is 456 g/mol. The summed E-state index contributed by atoms with van der Waals surface area (Å²) in [5.74, 6) is -0.425. The molecule has 0 bridgehead atoms. The van der Waals surface area contributed by atoms with Crippen LogP contribution in [0.4, 0.5) is 10.5 Å². The molecular formula is C24H28N4O5S. The number of amides is 2. The van der Waals surface area contributed by atoms with Gasteiger partial charge < -0.3 is 15.2 Å². The molecule has 4 rings (SSSR count). The molecule has 10 heteroatoms. The minimum absolute atomic E-state index is 0.0473. The summed E-state index contributed by atoms with van der Waals surface area (Å²) in [7, 11) is 0. The Balaban J connectivity index is 1.31. The third-order valence-electron chi connectivity index (χ3n) is 5.97. The average Bonchev–Trinajstić information content (AvgIpc) is 3.50. The second-order valence-corrected chi connectivity index (χ2v) is 9.22. The van der Waals surface area contributed by atoms with E-state index in [4.69, 9.17) is 15.2 Å². The van der Waals surface area contributed by atoms with Gasteiger partial charge in [-0.05, 0) is 68.6 Å². The topological polar surface area (TPSA) is 115 Å². The lowest BCUT2D eigenvalue weighted by Gasteiger charge is -2.31. The van der Waals surface area contributed by atoms with Gasteiger partial charge in [0.2, 0.25) is 0 Å². The van der Waals surface area contributed by atoms with Gasteiger partial charge in [0.05, 0.1) is 23.9 Å². The number of amidine groups is 1. The van der Waals surface area contributed by atoms with Gasteiger partial charge >= 0.3 is 12.1 Å². The number of thiophene rings is 1. The predicted molar refractivity (Wildman–Crippen MR) is 129 cm³/mol. The van der Waals surface area contributed by atoms with Crippen LogP contribution in [0.5, 0.6) is 0 Å². The van der Waals surface area contributed by atoms with Gasteiger partial charge in [-0.25, -0.2) is 4.79 Å². The third kappa shape index (κ3) is 5.63. The number of cyclic esters (lactones) is 1. The lowest BCUT2D eigenvalue weighted by molar-refractivity contribution is -0.149. The van der Waals surface area contributed by atoms with E-state index in [1.807, 2.05) is 12.3 Å². The number of piperidine rings is 1. The lowest BCUT2D eigenvalue weighted by Crippen LogP contribution is -2.41. The number of esters is 1.